The van der Waals surface area contributed by atoms with E-state index in [2.05, 4.69) is 23.4 Å². The Morgan fingerprint density at radius 1 is 1.17 bits per heavy atom. The number of carbonyl (C=O) groups is 1. The molecule has 5 nitrogen and oxygen atoms in total. The maximum atomic E-state index is 12.3. The van der Waals surface area contributed by atoms with E-state index in [0.29, 0.717) is 30.2 Å². The van der Waals surface area contributed by atoms with Crippen LogP contribution in [0.4, 0.5) is 0 Å². The zero-order valence-corrected chi connectivity index (χ0v) is 16.5. The van der Waals surface area contributed by atoms with Crippen molar-refractivity contribution in [3.63, 3.8) is 0 Å². The van der Waals surface area contributed by atoms with Gasteiger partial charge in [0.25, 0.3) is 5.91 Å². The normalized spacial score (nSPS) is 10.5. The fraction of sp³-hybridized carbons (Fsp3) is 0.250. The molecule has 1 amide bonds. The molecule has 0 heterocycles. The van der Waals surface area contributed by atoms with Crippen molar-refractivity contribution in [1.82, 2.24) is 5.32 Å². The second kappa shape index (κ2) is 11.9. The van der Waals surface area contributed by atoms with Gasteiger partial charge in [-0.15, -0.1) is 6.42 Å². The molecule has 2 aromatic rings. The molecule has 0 fully saturated rings. The first-order chi connectivity index (χ1) is 14.2. The van der Waals surface area contributed by atoms with Gasteiger partial charge < -0.3 is 14.8 Å². The molecule has 0 spiro atoms. The lowest BCUT2D eigenvalue weighted by molar-refractivity contribution is -0.117. The number of ether oxygens (including phenoxy) is 2. The molecule has 2 aromatic carbocycles. The predicted octanol–water partition coefficient (Wildman–Crippen LogP) is 3.75. The average Bonchev–Trinajstić information content (AvgIpc) is 2.75. The number of hydrogen-bond acceptors (Lipinski definition) is 4. The van der Waals surface area contributed by atoms with E-state index in [1.54, 1.807) is 18.2 Å². The van der Waals surface area contributed by atoms with Crippen molar-refractivity contribution in [2.75, 3.05) is 19.8 Å². The van der Waals surface area contributed by atoms with Gasteiger partial charge in [-0.05, 0) is 49.1 Å². The summed E-state index contributed by atoms with van der Waals surface area (Å²) in [5, 5.41) is 12.2. The van der Waals surface area contributed by atoms with Gasteiger partial charge in [-0.1, -0.05) is 42.3 Å². The van der Waals surface area contributed by atoms with Crippen molar-refractivity contribution < 1.29 is 14.3 Å². The van der Waals surface area contributed by atoms with Crippen LogP contribution in [0.15, 0.2) is 54.1 Å². The van der Waals surface area contributed by atoms with Crippen molar-refractivity contribution in [2.45, 2.75) is 19.8 Å². The third-order valence-corrected chi connectivity index (χ3v) is 4.03. The number of rotatable bonds is 10. The van der Waals surface area contributed by atoms with Gasteiger partial charge in [-0.3, -0.25) is 4.79 Å². The van der Waals surface area contributed by atoms with Crippen LogP contribution in [0, 0.1) is 23.7 Å². The van der Waals surface area contributed by atoms with Gasteiger partial charge in [0.05, 0.1) is 6.61 Å². The Bertz CT molecular complexity index is 921. The van der Waals surface area contributed by atoms with E-state index < -0.39 is 5.91 Å². The van der Waals surface area contributed by atoms with E-state index in [1.807, 2.05) is 31.2 Å². The Hall–Kier alpha value is -3.70. The minimum Gasteiger partial charge on any atom is -0.490 e. The summed E-state index contributed by atoms with van der Waals surface area (Å²) >= 11 is 0. The van der Waals surface area contributed by atoms with Crippen LogP contribution in [-0.4, -0.2) is 25.7 Å². The van der Waals surface area contributed by atoms with Crippen molar-refractivity contribution >= 4 is 12.0 Å². The number of nitrogens with one attached hydrogen (secondary N) is 1. The fourth-order valence-electron chi connectivity index (χ4n) is 2.67. The molecule has 0 saturated heterocycles. The first-order valence-electron chi connectivity index (χ1n) is 9.45. The number of nitriles is 1. The van der Waals surface area contributed by atoms with E-state index >= 15 is 0 Å². The first kappa shape index (κ1) is 21.6. The molecule has 2 rings (SSSR count). The second-order valence-corrected chi connectivity index (χ2v) is 6.15. The number of terminal acetylenes is 1. The highest BCUT2D eigenvalue weighted by atomic mass is 16.5. The molecular formula is C24H24N2O3. The number of carbonyl (C=O) groups excluding carboxylic acids is 1. The molecule has 0 saturated carbocycles. The summed E-state index contributed by atoms with van der Waals surface area (Å²) < 4.78 is 11.0. The summed E-state index contributed by atoms with van der Waals surface area (Å²) in [7, 11) is 0. The Morgan fingerprint density at radius 2 is 1.97 bits per heavy atom. The number of nitrogens with zero attached hydrogens (tertiary/aromatic N) is 1. The quantitative estimate of drug-likeness (QED) is 0.291. The Kier molecular flexibility index (Phi) is 8.86. The van der Waals surface area contributed by atoms with Crippen LogP contribution >= 0.6 is 0 Å². The Labute approximate surface area is 172 Å². The number of hydrogen-bond donors (Lipinski definition) is 1. The SMILES string of the molecule is C#CCOc1ccc(/C=C(/C#N)C(=O)NCCCc2ccccc2)cc1OCC. The van der Waals surface area contributed by atoms with Crippen LogP contribution in [-0.2, 0) is 11.2 Å². The fourth-order valence-corrected chi connectivity index (χ4v) is 2.67. The topological polar surface area (TPSA) is 71.3 Å². The molecule has 0 bridgehead atoms. The molecular weight excluding hydrogens is 364 g/mol. The molecule has 0 aliphatic carbocycles. The van der Waals surface area contributed by atoms with Crippen LogP contribution in [0.3, 0.4) is 0 Å². The van der Waals surface area contributed by atoms with Gasteiger partial charge >= 0.3 is 0 Å². The maximum Gasteiger partial charge on any atom is 0.261 e. The van der Waals surface area contributed by atoms with Crippen LogP contribution in [0.5, 0.6) is 11.5 Å². The molecule has 5 heteroatoms. The largest absolute Gasteiger partial charge is 0.490 e. The minimum atomic E-state index is -0.397. The van der Waals surface area contributed by atoms with Crippen LogP contribution < -0.4 is 14.8 Å². The van der Waals surface area contributed by atoms with Crippen molar-refractivity contribution in [2.24, 2.45) is 0 Å². The van der Waals surface area contributed by atoms with Gasteiger partial charge in [0.1, 0.15) is 18.2 Å². The van der Waals surface area contributed by atoms with Gasteiger partial charge in [-0.2, -0.15) is 5.26 Å². The lowest BCUT2D eigenvalue weighted by atomic mass is 10.1. The molecule has 0 atom stereocenters. The molecule has 0 unspecified atom stereocenters. The molecule has 0 aromatic heterocycles. The molecule has 0 aliphatic rings. The zero-order chi connectivity index (χ0) is 20.9. The monoisotopic (exact) mass is 388 g/mol. The van der Waals surface area contributed by atoms with Crippen LogP contribution in [0.2, 0.25) is 0 Å². The highest BCUT2D eigenvalue weighted by Crippen LogP contribution is 2.29. The summed E-state index contributed by atoms with van der Waals surface area (Å²) in [4.78, 5) is 12.3. The van der Waals surface area contributed by atoms with E-state index in [9.17, 15) is 10.1 Å². The van der Waals surface area contributed by atoms with E-state index in [-0.39, 0.29) is 12.2 Å². The molecule has 0 radical (unpaired) electrons. The first-order valence-corrected chi connectivity index (χ1v) is 9.45. The van der Waals surface area contributed by atoms with Gasteiger partial charge in [0.15, 0.2) is 11.5 Å². The molecule has 29 heavy (non-hydrogen) atoms. The van der Waals surface area contributed by atoms with Gasteiger partial charge in [-0.25, -0.2) is 0 Å². The highest BCUT2D eigenvalue weighted by molar-refractivity contribution is 6.01. The highest BCUT2D eigenvalue weighted by Gasteiger charge is 2.10. The molecule has 1 N–H and O–H groups in total. The zero-order valence-electron chi connectivity index (χ0n) is 16.5. The Morgan fingerprint density at radius 3 is 2.66 bits per heavy atom. The van der Waals surface area contributed by atoms with Crippen LogP contribution in [0.25, 0.3) is 6.08 Å². The summed E-state index contributed by atoms with van der Waals surface area (Å²) in [6.07, 6.45) is 8.41. The van der Waals surface area contributed by atoms with Crippen LogP contribution in [0.1, 0.15) is 24.5 Å². The summed E-state index contributed by atoms with van der Waals surface area (Å²) in [5.41, 5.74) is 1.91. The summed E-state index contributed by atoms with van der Waals surface area (Å²) in [6, 6.07) is 17.2. The Balaban J connectivity index is 2.00. The third kappa shape index (κ3) is 7.08. The maximum absolute atomic E-state index is 12.3. The minimum absolute atomic E-state index is 0.0319. The molecule has 0 aliphatic heterocycles. The lowest BCUT2D eigenvalue weighted by Crippen LogP contribution is -2.25. The standard InChI is InChI=1S/C24H24N2O3/c1-3-15-29-22-13-12-20(17-23(22)28-4-2)16-21(18-25)24(27)26-14-8-11-19-9-6-5-7-10-19/h1,5-7,9-10,12-13,16-17H,4,8,11,14-15H2,2H3,(H,26,27)/b21-16-. The third-order valence-electron chi connectivity index (χ3n) is 4.03. The van der Waals surface area contributed by atoms with Gasteiger partial charge in [0, 0.05) is 6.54 Å². The van der Waals surface area contributed by atoms with Crippen molar-refractivity contribution in [3.8, 4) is 29.9 Å². The van der Waals surface area contributed by atoms with Crippen molar-refractivity contribution in [3.05, 3.63) is 65.2 Å². The number of aryl methyl sites for hydroxylation is 1. The average molecular weight is 388 g/mol. The van der Waals surface area contributed by atoms with Crippen molar-refractivity contribution in [1.29, 1.82) is 5.26 Å². The lowest BCUT2D eigenvalue weighted by Gasteiger charge is -2.11. The predicted molar refractivity (Wildman–Crippen MR) is 113 cm³/mol. The number of amides is 1. The summed E-state index contributed by atoms with van der Waals surface area (Å²) in [5.74, 6) is 3.04. The second-order valence-electron chi connectivity index (χ2n) is 6.15. The smallest absolute Gasteiger partial charge is 0.261 e. The van der Waals surface area contributed by atoms with E-state index in [4.69, 9.17) is 15.9 Å². The number of benzene rings is 2. The summed E-state index contributed by atoms with van der Waals surface area (Å²) in [6.45, 7) is 2.93. The van der Waals surface area contributed by atoms with E-state index in [1.165, 1.54) is 11.6 Å². The molecule has 148 valence electrons. The van der Waals surface area contributed by atoms with Gasteiger partial charge in [0.2, 0.25) is 0 Å². The van der Waals surface area contributed by atoms with E-state index in [0.717, 1.165) is 12.8 Å².